The molecule has 186 valence electrons. The Morgan fingerprint density at radius 1 is 0.743 bits per heavy atom. The topological polar surface area (TPSA) is 222 Å². The van der Waals surface area contributed by atoms with Crippen LogP contribution in [0.3, 0.4) is 0 Å². The van der Waals surface area contributed by atoms with Crippen LogP contribution in [0.25, 0.3) is 0 Å². The summed E-state index contributed by atoms with van der Waals surface area (Å²) in [4.78, 5) is 11.0. The van der Waals surface area contributed by atoms with Crippen LogP contribution in [-0.2, 0) is 38.5 Å². The predicted molar refractivity (Wildman–Crippen MR) is 116 cm³/mol. The molecule has 16 heteroatoms. The zero-order chi connectivity index (χ0) is 26.3. The molecule has 0 aliphatic carbocycles. The minimum Gasteiger partial charge on any atom is -0.755 e. The smallest absolute Gasteiger partial charge is 0.755 e. The zero-order valence-electron chi connectivity index (χ0n) is 19.1. The minimum absolute atomic E-state index is 0. The molecule has 0 aliphatic heterocycles. The third kappa shape index (κ3) is 59.9. The summed E-state index contributed by atoms with van der Waals surface area (Å²) in [7, 11) is -9.33. The van der Waals surface area contributed by atoms with Gasteiger partial charge in [-0.15, -0.1) is 13.2 Å². The first kappa shape index (κ1) is 43.9. The van der Waals surface area contributed by atoms with Gasteiger partial charge in [-0.05, 0) is 24.0 Å². The van der Waals surface area contributed by atoms with E-state index in [1.165, 1.54) is 11.1 Å². The molecule has 0 bridgehead atoms. The summed E-state index contributed by atoms with van der Waals surface area (Å²) in [5.74, 6) is 0. The summed E-state index contributed by atoms with van der Waals surface area (Å²) in [6.07, 6.45) is 3.72. The summed E-state index contributed by atoms with van der Waals surface area (Å²) in [5, 5.41) is 17.2. The first-order valence-corrected chi connectivity index (χ1v) is 11.1. The number of carboxylic acid groups (broad SMARTS) is 1. The van der Waals surface area contributed by atoms with Crippen LogP contribution in [0.2, 0.25) is 0 Å². The van der Waals surface area contributed by atoms with Crippen LogP contribution in [-0.4, -0.2) is 41.2 Å². The fraction of sp³-hybridized carbons (Fsp3) is 0.105. The molecule has 0 spiro atoms. The molecule has 35 heavy (non-hydrogen) atoms. The molecule has 0 amide bonds. The molecule has 12 nitrogen and oxygen atoms in total. The Kier molecular flexibility index (Phi) is 34.5. The molecule has 4 N–H and O–H groups in total. The molecule has 2 rings (SSSR count). The Bertz CT molecular complexity index is 894. The van der Waals surface area contributed by atoms with Gasteiger partial charge in [0.25, 0.3) is 0 Å². The molecule has 0 radical (unpaired) electrons. The molecule has 2 aromatic carbocycles. The summed E-state index contributed by atoms with van der Waals surface area (Å²) < 4.78 is 63.2. The van der Waals surface area contributed by atoms with Gasteiger partial charge in [0, 0.05) is 0 Å². The van der Waals surface area contributed by atoms with Crippen molar-refractivity contribution in [1.82, 2.24) is 0 Å². The number of allylic oxidation sites excluding steroid dienone is 2. The molecule has 0 aromatic heterocycles. The van der Waals surface area contributed by atoms with Gasteiger partial charge in [0.1, 0.15) is 0 Å². The SMILES string of the molecule is C=CCc1ccccc1.C=CCc1ccccc1.O=C([O-])O[O-].O=S(=O)(O)O.O=S(=O)(O)O.[Na+].[Na+]. The van der Waals surface area contributed by atoms with Crippen LogP contribution in [0.15, 0.2) is 86.0 Å². The van der Waals surface area contributed by atoms with Crippen LogP contribution in [0.5, 0.6) is 0 Å². The fourth-order valence-corrected chi connectivity index (χ4v) is 1.56. The van der Waals surface area contributed by atoms with Crippen molar-refractivity contribution in [1.29, 1.82) is 0 Å². The van der Waals surface area contributed by atoms with Gasteiger partial charge in [-0.25, -0.2) is 0 Å². The van der Waals surface area contributed by atoms with Gasteiger partial charge >= 0.3 is 79.9 Å². The molecule has 0 heterocycles. The van der Waals surface area contributed by atoms with E-state index in [1.807, 2.05) is 48.6 Å². The Morgan fingerprint density at radius 3 is 1.09 bits per heavy atom. The largest absolute Gasteiger partial charge is 1.00 e. The second-order valence-corrected chi connectivity index (χ2v) is 6.98. The van der Waals surface area contributed by atoms with E-state index >= 15 is 0 Å². The van der Waals surface area contributed by atoms with Gasteiger partial charge in [-0.3, -0.25) is 18.2 Å². The monoisotopic (exact) mass is 554 g/mol. The van der Waals surface area contributed by atoms with Crippen molar-refractivity contribution in [2.75, 3.05) is 0 Å². The van der Waals surface area contributed by atoms with E-state index in [9.17, 15) is 0 Å². The first-order chi connectivity index (χ1) is 15.1. The van der Waals surface area contributed by atoms with Crippen molar-refractivity contribution in [3.05, 3.63) is 97.1 Å². The molecular formula is C19H24Na2O12S2. The van der Waals surface area contributed by atoms with E-state index in [2.05, 4.69) is 42.3 Å². The molecule has 0 aliphatic rings. The molecule has 0 saturated carbocycles. The maximum atomic E-state index is 8.74. The van der Waals surface area contributed by atoms with E-state index in [-0.39, 0.29) is 59.1 Å². The van der Waals surface area contributed by atoms with Gasteiger partial charge in [-0.2, -0.15) is 16.8 Å². The molecule has 0 fully saturated rings. The summed E-state index contributed by atoms with van der Waals surface area (Å²) in [6.45, 7) is 7.31. The third-order valence-electron chi connectivity index (χ3n) is 2.51. The Balaban J connectivity index is -0.000000109. The third-order valence-corrected chi connectivity index (χ3v) is 2.51. The van der Waals surface area contributed by atoms with Gasteiger partial charge in [0.15, 0.2) is 0 Å². The summed E-state index contributed by atoms with van der Waals surface area (Å²) in [5.41, 5.74) is 2.65. The molecule has 0 unspecified atom stereocenters. The number of carbonyl (C=O) groups is 1. The predicted octanol–water partition coefficient (Wildman–Crippen LogP) is -4.85. The molecule has 2 aromatic rings. The van der Waals surface area contributed by atoms with Gasteiger partial charge < -0.3 is 20.0 Å². The Hall–Kier alpha value is -1.11. The van der Waals surface area contributed by atoms with E-state index < -0.39 is 27.0 Å². The van der Waals surface area contributed by atoms with E-state index in [1.54, 1.807) is 0 Å². The van der Waals surface area contributed by atoms with Crippen molar-refractivity contribution < 1.29 is 114 Å². The molecule has 0 saturated heterocycles. The van der Waals surface area contributed by atoms with Gasteiger partial charge in [0.05, 0.1) is 0 Å². The average molecular weight is 555 g/mol. The standard InChI is InChI=1S/2C9H10.CH2O4.2Na.2H2O4S/c2*1-2-6-9-7-4-3-5-8-9;2-1(3)5-4;;;2*1-5(2,3)4/h2*2-5,7-8H,1,6H2;4H,(H,2,3);;;2*(H2,1,2,3,4)/q;;;2*+1;;/p-2. The van der Waals surface area contributed by atoms with E-state index in [0.717, 1.165) is 12.8 Å². The van der Waals surface area contributed by atoms with Crippen LogP contribution in [0.4, 0.5) is 4.79 Å². The van der Waals surface area contributed by atoms with Crippen molar-refractivity contribution >= 4 is 27.0 Å². The van der Waals surface area contributed by atoms with Crippen molar-refractivity contribution in [2.24, 2.45) is 0 Å². The Morgan fingerprint density at radius 2 is 0.943 bits per heavy atom. The number of rotatable bonds is 4. The van der Waals surface area contributed by atoms with Crippen LogP contribution in [0, 0.1) is 0 Å². The van der Waals surface area contributed by atoms with E-state index in [4.69, 9.17) is 50.2 Å². The number of hydrogen-bond donors (Lipinski definition) is 4. The molecule has 0 atom stereocenters. The van der Waals surface area contributed by atoms with Gasteiger partial charge in [0.2, 0.25) is 6.16 Å². The number of benzene rings is 2. The fourth-order valence-electron chi connectivity index (χ4n) is 1.56. The van der Waals surface area contributed by atoms with Crippen LogP contribution >= 0.6 is 0 Å². The number of hydrogen-bond acceptors (Lipinski definition) is 8. The maximum absolute atomic E-state index is 8.74. The van der Waals surface area contributed by atoms with E-state index in [0.29, 0.717) is 0 Å². The minimum atomic E-state index is -4.67. The second kappa shape index (κ2) is 27.5. The van der Waals surface area contributed by atoms with Crippen molar-refractivity contribution in [2.45, 2.75) is 12.8 Å². The normalized spacial score (nSPS) is 8.83. The first-order valence-electron chi connectivity index (χ1n) is 8.34. The zero-order valence-corrected chi connectivity index (χ0v) is 24.8. The average Bonchev–Trinajstić information content (AvgIpc) is 2.69. The quantitative estimate of drug-likeness (QED) is 0.0919. The summed E-state index contributed by atoms with van der Waals surface area (Å²) in [6, 6.07) is 20.6. The van der Waals surface area contributed by atoms with Gasteiger partial charge in [-0.1, -0.05) is 72.8 Å². The molecular weight excluding hydrogens is 530 g/mol. The number of carbonyl (C=O) groups excluding carboxylic acids is 1. The maximum Gasteiger partial charge on any atom is 1.00 e. The van der Waals surface area contributed by atoms with Crippen molar-refractivity contribution in [3.8, 4) is 0 Å². The van der Waals surface area contributed by atoms with Crippen LogP contribution in [0.1, 0.15) is 11.1 Å². The van der Waals surface area contributed by atoms with Crippen molar-refractivity contribution in [3.63, 3.8) is 0 Å². The summed E-state index contributed by atoms with van der Waals surface area (Å²) >= 11 is 0. The second-order valence-electron chi connectivity index (χ2n) is 5.19. The Labute approximate surface area is 249 Å². The van der Waals surface area contributed by atoms with Crippen LogP contribution < -0.4 is 69.5 Å².